The van der Waals surface area contributed by atoms with E-state index in [1.165, 1.54) is 109 Å². The molecular formula is C33H62N2O2. The first-order valence-corrected chi connectivity index (χ1v) is 16.7. The zero-order valence-electron chi connectivity index (χ0n) is 24.8. The number of amides is 2. The molecule has 0 aromatic carbocycles. The van der Waals surface area contributed by atoms with Gasteiger partial charge in [-0.25, -0.2) is 0 Å². The molecule has 0 saturated heterocycles. The van der Waals surface area contributed by atoms with Crippen molar-refractivity contribution in [2.24, 2.45) is 11.8 Å². The fraction of sp³-hybridized carbons (Fsp3) is 0.939. The van der Waals surface area contributed by atoms with Crippen LogP contribution in [0.5, 0.6) is 0 Å². The van der Waals surface area contributed by atoms with Crippen molar-refractivity contribution < 1.29 is 9.59 Å². The van der Waals surface area contributed by atoms with Gasteiger partial charge in [-0.1, -0.05) is 90.9 Å². The van der Waals surface area contributed by atoms with Gasteiger partial charge in [-0.05, 0) is 82.5 Å². The first kappa shape index (κ1) is 32.2. The molecular weight excluding hydrogens is 456 g/mol. The second-order valence-electron chi connectivity index (χ2n) is 12.5. The van der Waals surface area contributed by atoms with Crippen LogP contribution in [0.25, 0.3) is 0 Å². The third-order valence-electron chi connectivity index (χ3n) is 9.11. The lowest BCUT2D eigenvalue weighted by molar-refractivity contribution is -0.123. The molecule has 2 aliphatic rings. The minimum atomic E-state index is 0.282. The summed E-state index contributed by atoms with van der Waals surface area (Å²) < 4.78 is 0. The molecule has 2 amide bonds. The molecule has 0 atom stereocenters. The number of carbonyl (C=O) groups excluding carboxylic acids is 2. The van der Waals surface area contributed by atoms with Crippen molar-refractivity contribution in [3.63, 3.8) is 0 Å². The van der Waals surface area contributed by atoms with Crippen LogP contribution in [0.4, 0.5) is 0 Å². The maximum absolute atomic E-state index is 12.3. The predicted molar refractivity (Wildman–Crippen MR) is 158 cm³/mol. The van der Waals surface area contributed by atoms with Gasteiger partial charge in [-0.3, -0.25) is 9.59 Å². The molecule has 4 nitrogen and oxygen atoms in total. The molecule has 0 aromatic heterocycles. The second-order valence-corrected chi connectivity index (χ2v) is 12.5. The molecule has 0 aliphatic heterocycles. The fourth-order valence-electron chi connectivity index (χ4n) is 6.64. The minimum Gasteiger partial charge on any atom is -0.353 e. The highest BCUT2D eigenvalue weighted by Gasteiger charge is 2.28. The Morgan fingerprint density at radius 3 is 1.16 bits per heavy atom. The summed E-state index contributed by atoms with van der Waals surface area (Å²) in [6.45, 7) is 4.51. The van der Waals surface area contributed by atoms with E-state index in [0.29, 0.717) is 24.9 Å². The van der Waals surface area contributed by atoms with Gasteiger partial charge in [0.1, 0.15) is 0 Å². The summed E-state index contributed by atoms with van der Waals surface area (Å²) in [5.41, 5.74) is 0. The molecule has 4 heteroatoms. The molecule has 2 rings (SSSR count). The SMILES string of the molecule is CCCCCCCCCC(=O)NC1CCC(CC2CCC(NC(=O)CCCCCCCCC)CC2)CC1. The maximum Gasteiger partial charge on any atom is 0.220 e. The summed E-state index contributed by atoms with van der Waals surface area (Å²) in [6, 6.07) is 0.825. The minimum absolute atomic E-state index is 0.282. The van der Waals surface area contributed by atoms with Crippen LogP contribution < -0.4 is 10.6 Å². The summed E-state index contributed by atoms with van der Waals surface area (Å²) in [6.07, 6.45) is 30.3. The molecule has 0 unspecified atom stereocenters. The number of unbranched alkanes of at least 4 members (excludes halogenated alkanes) is 12. The van der Waals surface area contributed by atoms with Gasteiger partial charge >= 0.3 is 0 Å². The van der Waals surface area contributed by atoms with Gasteiger partial charge in [0.2, 0.25) is 11.8 Å². The van der Waals surface area contributed by atoms with E-state index in [9.17, 15) is 9.59 Å². The molecule has 2 N–H and O–H groups in total. The molecule has 0 radical (unpaired) electrons. The Bertz CT molecular complexity index is 527. The molecule has 2 fully saturated rings. The molecule has 0 spiro atoms. The second kappa shape index (κ2) is 20.8. The van der Waals surface area contributed by atoms with Crippen LogP contribution in [-0.4, -0.2) is 23.9 Å². The molecule has 0 bridgehead atoms. The molecule has 2 aliphatic carbocycles. The van der Waals surface area contributed by atoms with E-state index in [0.717, 1.165) is 50.4 Å². The largest absolute Gasteiger partial charge is 0.353 e. The Kier molecular flexibility index (Phi) is 18.1. The first-order chi connectivity index (χ1) is 18.1. The van der Waals surface area contributed by atoms with E-state index in [2.05, 4.69) is 24.5 Å². The van der Waals surface area contributed by atoms with Gasteiger partial charge in [-0.15, -0.1) is 0 Å². The number of carbonyl (C=O) groups is 2. The van der Waals surface area contributed by atoms with Gasteiger partial charge in [0.15, 0.2) is 0 Å². The van der Waals surface area contributed by atoms with Crippen molar-refractivity contribution in [1.29, 1.82) is 0 Å². The average molecular weight is 519 g/mol. The fourth-order valence-corrected chi connectivity index (χ4v) is 6.64. The quantitative estimate of drug-likeness (QED) is 0.158. The van der Waals surface area contributed by atoms with E-state index < -0.39 is 0 Å². The van der Waals surface area contributed by atoms with Crippen molar-refractivity contribution in [2.45, 2.75) is 186 Å². The number of nitrogens with one attached hydrogen (secondary N) is 2. The normalized spacial score (nSPS) is 24.1. The first-order valence-electron chi connectivity index (χ1n) is 16.7. The molecule has 2 saturated carbocycles. The third kappa shape index (κ3) is 15.8. The molecule has 0 aromatic rings. The van der Waals surface area contributed by atoms with E-state index in [4.69, 9.17) is 0 Å². The lowest BCUT2D eigenvalue weighted by Crippen LogP contribution is -2.39. The summed E-state index contributed by atoms with van der Waals surface area (Å²) in [7, 11) is 0. The van der Waals surface area contributed by atoms with Crippen molar-refractivity contribution in [3.05, 3.63) is 0 Å². The van der Waals surface area contributed by atoms with Crippen molar-refractivity contribution >= 4 is 11.8 Å². The maximum atomic E-state index is 12.3. The van der Waals surface area contributed by atoms with Gasteiger partial charge in [0.25, 0.3) is 0 Å². The highest BCUT2D eigenvalue weighted by molar-refractivity contribution is 5.76. The highest BCUT2D eigenvalue weighted by Crippen LogP contribution is 2.35. The van der Waals surface area contributed by atoms with Crippen molar-refractivity contribution in [2.75, 3.05) is 0 Å². The zero-order chi connectivity index (χ0) is 26.6. The summed E-state index contributed by atoms with van der Waals surface area (Å²) >= 11 is 0. The Hall–Kier alpha value is -1.06. The zero-order valence-corrected chi connectivity index (χ0v) is 24.8. The van der Waals surface area contributed by atoms with Gasteiger partial charge in [0, 0.05) is 24.9 Å². The lowest BCUT2D eigenvalue weighted by atomic mass is 9.75. The van der Waals surface area contributed by atoms with Crippen LogP contribution in [0.1, 0.15) is 174 Å². The van der Waals surface area contributed by atoms with Crippen LogP contribution in [0.2, 0.25) is 0 Å². The van der Waals surface area contributed by atoms with Crippen molar-refractivity contribution in [3.8, 4) is 0 Å². The monoisotopic (exact) mass is 518 g/mol. The van der Waals surface area contributed by atoms with Crippen LogP contribution in [0.3, 0.4) is 0 Å². The number of hydrogen-bond donors (Lipinski definition) is 2. The molecule has 0 heterocycles. The summed E-state index contributed by atoms with van der Waals surface area (Å²) in [4.78, 5) is 24.7. The number of hydrogen-bond acceptors (Lipinski definition) is 2. The third-order valence-corrected chi connectivity index (χ3v) is 9.11. The molecule has 216 valence electrons. The van der Waals surface area contributed by atoms with Gasteiger partial charge in [0.05, 0.1) is 0 Å². The van der Waals surface area contributed by atoms with E-state index in [1.54, 1.807) is 0 Å². The Morgan fingerprint density at radius 1 is 0.486 bits per heavy atom. The van der Waals surface area contributed by atoms with E-state index >= 15 is 0 Å². The highest BCUT2D eigenvalue weighted by atomic mass is 16.2. The lowest BCUT2D eigenvalue weighted by Gasteiger charge is -2.34. The average Bonchev–Trinajstić information content (AvgIpc) is 2.90. The molecule has 37 heavy (non-hydrogen) atoms. The summed E-state index contributed by atoms with van der Waals surface area (Å²) in [5, 5.41) is 6.66. The van der Waals surface area contributed by atoms with Crippen LogP contribution >= 0.6 is 0 Å². The Morgan fingerprint density at radius 2 is 0.811 bits per heavy atom. The van der Waals surface area contributed by atoms with Gasteiger partial charge < -0.3 is 10.6 Å². The topological polar surface area (TPSA) is 58.2 Å². The van der Waals surface area contributed by atoms with E-state index in [1.807, 2.05) is 0 Å². The van der Waals surface area contributed by atoms with Crippen LogP contribution in [0, 0.1) is 11.8 Å². The van der Waals surface area contributed by atoms with Crippen LogP contribution in [-0.2, 0) is 9.59 Å². The Labute approximate surface area is 230 Å². The Balaban J connectivity index is 1.46. The number of rotatable bonds is 20. The van der Waals surface area contributed by atoms with Crippen LogP contribution in [0.15, 0.2) is 0 Å². The van der Waals surface area contributed by atoms with Crippen molar-refractivity contribution in [1.82, 2.24) is 10.6 Å². The van der Waals surface area contributed by atoms with E-state index in [-0.39, 0.29) is 11.8 Å². The predicted octanol–water partition coefficient (Wildman–Crippen LogP) is 9.01. The standard InChI is InChI=1S/C33H62N2O2/c1-3-5-7-9-11-13-15-17-32(36)34-30-23-19-28(20-24-30)27-29-21-25-31(26-22-29)35-33(37)18-16-14-12-10-8-6-4-2/h28-31H,3-27H2,1-2H3,(H,34,36)(H,35,37). The van der Waals surface area contributed by atoms with Gasteiger partial charge in [-0.2, -0.15) is 0 Å². The summed E-state index contributed by atoms with van der Waals surface area (Å²) in [5.74, 6) is 2.24. The smallest absolute Gasteiger partial charge is 0.220 e.